The third-order valence-electron chi connectivity index (χ3n) is 4.87. The van der Waals surface area contributed by atoms with Crippen LogP contribution in [0.3, 0.4) is 0 Å². The fourth-order valence-electron chi connectivity index (χ4n) is 3.42. The molecule has 0 radical (unpaired) electrons. The molecule has 4 aromatic rings. The van der Waals surface area contributed by atoms with Crippen molar-refractivity contribution in [1.29, 1.82) is 0 Å². The van der Waals surface area contributed by atoms with E-state index in [1.54, 1.807) is 0 Å². The van der Waals surface area contributed by atoms with Crippen LogP contribution in [0.15, 0.2) is 117 Å². The van der Waals surface area contributed by atoms with Gasteiger partial charge >= 0.3 is 0 Å². The highest BCUT2D eigenvalue weighted by Gasteiger charge is 2.16. The second kappa shape index (κ2) is 9.44. The van der Waals surface area contributed by atoms with Crippen LogP contribution in [0.25, 0.3) is 11.1 Å². The molecule has 0 aliphatic heterocycles. The van der Waals surface area contributed by atoms with Crippen molar-refractivity contribution < 1.29 is 0 Å². The van der Waals surface area contributed by atoms with Gasteiger partial charge in [0.15, 0.2) is 0 Å². The molecule has 4 aromatic carbocycles. The molecule has 0 spiro atoms. The maximum Gasteiger partial charge on any atom is 0.00404 e. The molecule has 0 unspecified atom stereocenters. The largest absolute Gasteiger partial charge is 0.143 e. The molecule has 4 heteroatoms. The maximum absolute atomic E-state index is 4.47. The lowest BCUT2D eigenvalue weighted by Crippen LogP contribution is -1.97. The molecule has 0 aliphatic rings. The van der Waals surface area contributed by atoms with Gasteiger partial charge in [0.05, 0.1) is 0 Å². The normalized spacial score (nSPS) is 10.7. The first-order valence-corrected chi connectivity index (χ1v) is 11.2. The van der Waals surface area contributed by atoms with E-state index in [4.69, 9.17) is 0 Å². The summed E-state index contributed by atoms with van der Waals surface area (Å²) in [5.74, 6) is 0. The van der Waals surface area contributed by atoms with Crippen LogP contribution in [0.1, 0.15) is 22.3 Å². The molecule has 0 fully saturated rings. The molecule has 0 atom stereocenters. The van der Waals surface area contributed by atoms with Gasteiger partial charge in [-0.25, -0.2) is 0 Å². The lowest BCUT2D eigenvalue weighted by Gasteiger charge is -2.18. The Bertz CT molecular complexity index is 980. The van der Waals surface area contributed by atoms with Crippen molar-refractivity contribution in [3.8, 4) is 0 Å². The summed E-state index contributed by atoms with van der Waals surface area (Å²) in [6.07, 6.45) is 0. The average molecular weight is 461 g/mol. The highest BCUT2D eigenvalue weighted by molar-refractivity contribution is 7.80. The van der Waals surface area contributed by atoms with Gasteiger partial charge in [-0.2, -0.15) is 0 Å². The van der Waals surface area contributed by atoms with Gasteiger partial charge in [0.1, 0.15) is 0 Å². The second-order valence-electron chi connectivity index (χ2n) is 6.94. The number of benzene rings is 4. The Morgan fingerprint density at radius 2 is 0.467 bits per heavy atom. The number of hydrogen-bond donors (Lipinski definition) is 4. The van der Waals surface area contributed by atoms with Crippen molar-refractivity contribution in [3.63, 3.8) is 0 Å². The predicted octanol–water partition coefficient (Wildman–Crippen LogP) is 7.85. The Labute approximate surface area is 199 Å². The minimum Gasteiger partial charge on any atom is -0.143 e. The van der Waals surface area contributed by atoms with Crippen LogP contribution in [0.2, 0.25) is 0 Å². The molecule has 0 saturated heterocycles. The summed E-state index contributed by atoms with van der Waals surface area (Å²) in [5.41, 5.74) is 6.80. The van der Waals surface area contributed by atoms with Crippen molar-refractivity contribution in [3.05, 3.63) is 119 Å². The summed E-state index contributed by atoms with van der Waals surface area (Å²) < 4.78 is 0. The first-order chi connectivity index (χ1) is 14.5. The van der Waals surface area contributed by atoms with Crippen LogP contribution in [0.5, 0.6) is 0 Å². The van der Waals surface area contributed by atoms with E-state index >= 15 is 0 Å². The average Bonchev–Trinajstić information content (AvgIpc) is 2.75. The third-order valence-corrected chi connectivity index (χ3v) is 6.07. The molecule has 0 N–H and O–H groups in total. The zero-order chi connectivity index (χ0) is 21.1. The Balaban J connectivity index is 2.08. The topological polar surface area (TPSA) is 0 Å². The molecule has 4 rings (SSSR count). The third kappa shape index (κ3) is 4.84. The molecule has 0 bridgehead atoms. The van der Waals surface area contributed by atoms with Gasteiger partial charge in [0, 0.05) is 19.6 Å². The molecule has 0 heterocycles. The van der Waals surface area contributed by atoms with Crippen molar-refractivity contribution in [2.24, 2.45) is 0 Å². The van der Waals surface area contributed by atoms with Crippen molar-refractivity contribution in [2.45, 2.75) is 19.6 Å². The number of rotatable bonds is 4. The predicted molar refractivity (Wildman–Crippen MR) is 140 cm³/mol. The molecule has 30 heavy (non-hydrogen) atoms. The van der Waals surface area contributed by atoms with E-state index < -0.39 is 0 Å². The van der Waals surface area contributed by atoms with E-state index in [-0.39, 0.29) is 0 Å². The molecular formula is C26H20S4. The minimum atomic E-state index is 0.934. The maximum atomic E-state index is 4.47. The monoisotopic (exact) mass is 460 g/mol. The zero-order valence-corrected chi connectivity index (χ0v) is 19.6. The van der Waals surface area contributed by atoms with E-state index in [9.17, 15) is 0 Å². The van der Waals surface area contributed by atoms with Crippen molar-refractivity contribution >= 4 is 61.7 Å². The zero-order valence-electron chi connectivity index (χ0n) is 16.0. The SMILES string of the molecule is Sc1ccc(C(=C(c2ccc(S)cc2)c2ccc(S)cc2)c2ccc(S)cc2)cc1. The standard InChI is InChI=1S/C26H20S4/c27-21-9-1-17(2-10-21)25(18-3-11-22(28)12-4-18)26(19-5-13-23(29)14-6-19)20-7-15-24(30)16-8-20/h1-16,27-30H. The van der Waals surface area contributed by atoms with E-state index in [1.165, 1.54) is 0 Å². The molecular weight excluding hydrogens is 441 g/mol. The van der Waals surface area contributed by atoms with Crippen LogP contribution in [0, 0.1) is 0 Å². The van der Waals surface area contributed by atoms with Crippen molar-refractivity contribution in [1.82, 2.24) is 0 Å². The molecule has 0 aromatic heterocycles. The van der Waals surface area contributed by atoms with Crippen LogP contribution in [-0.2, 0) is 0 Å². The number of thiol groups is 4. The Hall–Kier alpha value is -1.98. The Morgan fingerprint density at radius 1 is 0.300 bits per heavy atom. The van der Waals surface area contributed by atoms with Gasteiger partial charge in [0.2, 0.25) is 0 Å². The first kappa shape index (κ1) is 21.3. The summed E-state index contributed by atoms with van der Waals surface area (Å²) >= 11 is 17.9. The van der Waals surface area contributed by atoms with Crippen LogP contribution >= 0.6 is 50.5 Å². The fourth-order valence-corrected chi connectivity index (χ4v) is 4.02. The molecule has 0 aliphatic carbocycles. The Morgan fingerprint density at radius 3 is 0.633 bits per heavy atom. The first-order valence-electron chi connectivity index (χ1n) is 9.43. The van der Waals surface area contributed by atoms with Crippen LogP contribution in [0.4, 0.5) is 0 Å². The van der Waals surface area contributed by atoms with Gasteiger partial charge in [0.25, 0.3) is 0 Å². The highest BCUT2D eigenvalue weighted by Crippen LogP contribution is 2.37. The van der Waals surface area contributed by atoms with Gasteiger partial charge in [-0.3, -0.25) is 0 Å². The molecule has 0 amide bonds. The molecule has 0 nitrogen and oxygen atoms in total. The van der Waals surface area contributed by atoms with Crippen LogP contribution < -0.4 is 0 Å². The quantitative estimate of drug-likeness (QED) is 0.173. The number of hydrogen-bond acceptors (Lipinski definition) is 4. The van der Waals surface area contributed by atoms with Gasteiger partial charge < -0.3 is 0 Å². The van der Waals surface area contributed by atoms with Crippen molar-refractivity contribution in [2.75, 3.05) is 0 Å². The lowest BCUT2D eigenvalue weighted by molar-refractivity contribution is 1.39. The summed E-state index contributed by atoms with van der Waals surface area (Å²) in [6, 6.07) is 33.1. The minimum absolute atomic E-state index is 0.934. The molecule has 0 saturated carbocycles. The summed E-state index contributed by atoms with van der Waals surface area (Å²) in [4.78, 5) is 3.74. The van der Waals surface area contributed by atoms with E-state index in [0.29, 0.717) is 0 Å². The highest BCUT2D eigenvalue weighted by atomic mass is 32.1. The summed E-state index contributed by atoms with van der Waals surface area (Å²) in [6.45, 7) is 0. The van der Waals surface area contributed by atoms with E-state index in [2.05, 4.69) is 99.0 Å². The van der Waals surface area contributed by atoms with E-state index in [1.807, 2.05) is 48.5 Å². The lowest BCUT2D eigenvalue weighted by atomic mass is 9.86. The van der Waals surface area contributed by atoms with Crippen LogP contribution in [-0.4, -0.2) is 0 Å². The fraction of sp³-hybridized carbons (Fsp3) is 0. The smallest absolute Gasteiger partial charge is 0.00404 e. The van der Waals surface area contributed by atoms with E-state index in [0.717, 1.165) is 53.0 Å². The van der Waals surface area contributed by atoms with Gasteiger partial charge in [-0.05, 0) is 81.9 Å². The molecule has 148 valence electrons. The van der Waals surface area contributed by atoms with Gasteiger partial charge in [-0.1, -0.05) is 48.5 Å². The second-order valence-corrected chi connectivity index (χ2v) is 9.00. The van der Waals surface area contributed by atoms with Gasteiger partial charge in [-0.15, -0.1) is 50.5 Å². The summed E-state index contributed by atoms with van der Waals surface area (Å²) in [7, 11) is 0. The summed E-state index contributed by atoms with van der Waals surface area (Å²) in [5, 5.41) is 0. The Kier molecular flexibility index (Phi) is 6.69.